The summed E-state index contributed by atoms with van der Waals surface area (Å²) in [6, 6.07) is 4.31. The van der Waals surface area contributed by atoms with Crippen LogP contribution in [0.25, 0.3) is 16.6 Å². The number of anilines is 1. The lowest BCUT2D eigenvalue weighted by atomic mass is 9.90. The summed E-state index contributed by atoms with van der Waals surface area (Å²) in [6.45, 7) is 4.10. The number of rotatable bonds is 2. The van der Waals surface area contributed by atoms with Gasteiger partial charge in [0.2, 0.25) is 0 Å². The van der Waals surface area contributed by atoms with Crippen molar-refractivity contribution >= 4 is 11.2 Å². The fourth-order valence-corrected chi connectivity index (χ4v) is 3.25. The zero-order valence-corrected chi connectivity index (χ0v) is 13.6. The molecule has 0 amide bonds. The quantitative estimate of drug-likeness (QED) is 0.787. The molecular formula is C17H22N6. The molecule has 120 valence electrons. The van der Waals surface area contributed by atoms with Crippen LogP contribution in [0, 0.1) is 0 Å². The molecule has 0 aromatic carbocycles. The highest BCUT2D eigenvalue weighted by Crippen LogP contribution is 2.31. The highest BCUT2D eigenvalue weighted by atomic mass is 15.2. The van der Waals surface area contributed by atoms with Gasteiger partial charge in [-0.1, -0.05) is 0 Å². The minimum absolute atomic E-state index is 0.0476. The van der Waals surface area contributed by atoms with Crippen molar-refractivity contribution in [1.29, 1.82) is 0 Å². The number of nitrogens with two attached hydrogens (primary N) is 1. The Morgan fingerprint density at radius 2 is 1.91 bits per heavy atom. The first-order valence-electron chi connectivity index (χ1n) is 8.02. The van der Waals surface area contributed by atoms with Crippen molar-refractivity contribution < 1.29 is 0 Å². The van der Waals surface area contributed by atoms with Crippen LogP contribution < -0.4 is 10.6 Å². The first-order valence-corrected chi connectivity index (χ1v) is 8.02. The van der Waals surface area contributed by atoms with Crippen LogP contribution in [0.4, 0.5) is 5.69 Å². The molecule has 0 saturated carbocycles. The van der Waals surface area contributed by atoms with Crippen molar-refractivity contribution in [3.63, 3.8) is 0 Å². The first-order chi connectivity index (χ1) is 11.0. The number of aromatic nitrogens is 4. The molecule has 3 aromatic rings. The van der Waals surface area contributed by atoms with Crippen molar-refractivity contribution in [3.8, 4) is 11.1 Å². The van der Waals surface area contributed by atoms with Gasteiger partial charge in [-0.25, -0.2) is 4.52 Å². The number of hydrogen-bond acceptors (Lipinski definition) is 4. The highest BCUT2D eigenvalue weighted by Gasteiger charge is 2.27. The van der Waals surface area contributed by atoms with Crippen molar-refractivity contribution in [3.05, 3.63) is 36.9 Å². The molecule has 6 nitrogen and oxygen atoms in total. The number of aryl methyl sites for hydroxylation is 1. The van der Waals surface area contributed by atoms with Gasteiger partial charge in [0.25, 0.3) is 0 Å². The summed E-state index contributed by atoms with van der Waals surface area (Å²) < 4.78 is 3.77. The molecule has 4 heterocycles. The van der Waals surface area contributed by atoms with Gasteiger partial charge in [-0.3, -0.25) is 4.68 Å². The normalized spacial score (nSPS) is 17.8. The molecule has 0 atom stereocenters. The fourth-order valence-electron chi connectivity index (χ4n) is 3.25. The smallest absolute Gasteiger partial charge is 0.0895 e. The maximum atomic E-state index is 6.28. The summed E-state index contributed by atoms with van der Waals surface area (Å²) in [6.07, 6.45) is 9.84. The lowest BCUT2D eigenvalue weighted by Gasteiger charge is -2.38. The highest BCUT2D eigenvalue weighted by molar-refractivity contribution is 5.79. The van der Waals surface area contributed by atoms with E-state index >= 15 is 0 Å². The van der Waals surface area contributed by atoms with Gasteiger partial charge in [0, 0.05) is 49.2 Å². The topological polar surface area (TPSA) is 64.4 Å². The summed E-state index contributed by atoms with van der Waals surface area (Å²) in [7, 11) is 1.93. The van der Waals surface area contributed by atoms with E-state index < -0.39 is 0 Å². The third kappa shape index (κ3) is 2.59. The number of pyridine rings is 1. The van der Waals surface area contributed by atoms with E-state index in [2.05, 4.69) is 40.4 Å². The third-order valence-corrected chi connectivity index (χ3v) is 4.77. The Balaban J connectivity index is 1.77. The standard InChI is InChI=1S/C17H22N6/c1-17(18)4-7-22(8-5-17)16-9-13(14-10-20-21(2)11-14)12-23-15(16)3-6-19-23/h3,6,9-12H,4-5,7-8,18H2,1-2H3. The van der Waals surface area contributed by atoms with E-state index in [1.807, 2.05) is 34.8 Å². The lowest BCUT2D eigenvalue weighted by Crippen LogP contribution is -2.48. The molecular weight excluding hydrogens is 288 g/mol. The van der Waals surface area contributed by atoms with Crippen LogP contribution in [-0.4, -0.2) is 38.0 Å². The molecule has 4 rings (SSSR count). The number of hydrogen-bond donors (Lipinski definition) is 1. The molecule has 0 spiro atoms. The molecule has 0 bridgehead atoms. The van der Waals surface area contributed by atoms with Crippen molar-refractivity contribution in [2.75, 3.05) is 18.0 Å². The maximum Gasteiger partial charge on any atom is 0.0895 e. The van der Waals surface area contributed by atoms with Gasteiger partial charge >= 0.3 is 0 Å². The van der Waals surface area contributed by atoms with Crippen molar-refractivity contribution in [2.24, 2.45) is 12.8 Å². The Bertz CT molecular complexity index is 834. The predicted octanol–water partition coefficient (Wildman–Crippen LogP) is 2.05. The molecule has 0 radical (unpaired) electrons. The number of nitrogens with zero attached hydrogens (tertiary/aromatic N) is 5. The Hall–Kier alpha value is -2.34. The van der Waals surface area contributed by atoms with Crippen LogP contribution in [0.1, 0.15) is 19.8 Å². The molecule has 1 aliphatic heterocycles. The summed E-state index contributed by atoms with van der Waals surface area (Å²) >= 11 is 0. The Labute approximate surface area is 135 Å². The maximum absolute atomic E-state index is 6.28. The molecule has 2 N–H and O–H groups in total. The van der Waals surface area contributed by atoms with Crippen LogP contribution in [0.3, 0.4) is 0 Å². The minimum Gasteiger partial charge on any atom is -0.370 e. The predicted molar refractivity (Wildman–Crippen MR) is 91.4 cm³/mol. The van der Waals surface area contributed by atoms with Gasteiger partial charge in [0.05, 0.1) is 23.6 Å². The van der Waals surface area contributed by atoms with Gasteiger partial charge in [-0.05, 0) is 31.9 Å². The average Bonchev–Trinajstić information content (AvgIpc) is 3.15. The molecule has 3 aromatic heterocycles. The van der Waals surface area contributed by atoms with Crippen LogP contribution >= 0.6 is 0 Å². The second-order valence-corrected chi connectivity index (χ2v) is 6.82. The third-order valence-electron chi connectivity index (χ3n) is 4.77. The second-order valence-electron chi connectivity index (χ2n) is 6.82. The summed E-state index contributed by atoms with van der Waals surface area (Å²) in [5, 5.41) is 8.71. The molecule has 6 heteroatoms. The second kappa shape index (κ2) is 5.09. The summed E-state index contributed by atoms with van der Waals surface area (Å²) in [5.74, 6) is 0. The molecule has 0 aliphatic carbocycles. The van der Waals surface area contributed by atoms with Gasteiger partial charge in [-0.2, -0.15) is 10.2 Å². The van der Waals surface area contributed by atoms with E-state index in [-0.39, 0.29) is 5.54 Å². The van der Waals surface area contributed by atoms with E-state index in [1.54, 1.807) is 0 Å². The van der Waals surface area contributed by atoms with Crippen LogP contribution in [0.15, 0.2) is 36.9 Å². The first kappa shape index (κ1) is 14.3. The van der Waals surface area contributed by atoms with Gasteiger partial charge in [0.1, 0.15) is 0 Å². The Kier molecular flexibility index (Phi) is 3.16. The van der Waals surface area contributed by atoms with Gasteiger partial charge in [-0.15, -0.1) is 0 Å². The van der Waals surface area contributed by atoms with E-state index in [1.165, 1.54) is 5.69 Å². The van der Waals surface area contributed by atoms with E-state index in [4.69, 9.17) is 5.73 Å². The number of fused-ring (bicyclic) bond motifs is 1. The average molecular weight is 310 g/mol. The Morgan fingerprint density at radius 3 is 2.61 bits per heavy atom. The molecule has 0 unspecified atom stereocenters. The van der Waals surface area contributed by atoms with E-state index in [0.717, 1.165) is 42.6 Å². The molecule has 23 heavy (non-hydrogen) atoms. The minimum atomic E-state index is -0.0476. The zero-order chi connectivity index (χ0) is 16.0. The monoisotopic (exact) mass is 310 g/mol. The van der Waals surface area contributed by atoms with Gasteiger partial charge < -0.3 is 10.6 Å². The van der Waals surface area contributed by atoms with Crippen molar-refractivity contribution in [2.45, 2.75) is 25.3 Å². The van der Waals surface area contributed by atoms with Crippen molar-refractivity contribution in [1.82, 2.24) is 19.4 Å². The van der Waals surface area contributed by atoms with Crippen LogP contribution in [0.5, 0.6) is 0 Å². The number of piperidine rings is 1. The van der Waals surface area contributed by atoms with Crippen LogP contribution in [0.2, 0.25) is 0 Å². The largest absolute Gasteiger partial charge is 0.370 e. The molecule has 1 aliphatic rings. The SMILES string of the molecule is Cn1cc(-c2cc(N3CCC(C)(N)CC3)c3ccnn3c2)cn1. The fraction of sp³-hybridized carbons (Fsp3) is 0.412. The zero-order valence-electron chi connectivity index (χ0n) is 13.6. The molecule has 1 saturated heterocycles. The van der Waals surface area contributed by atoms with Crippen LogP contribution in [-0.2, 0) is 7.05 Å². The lowest BCUT2D eigenvalue weighted by molar-refractivity contribution is 0.364. The summed E-state index contributed by atoms with van der Waals surface area (Å²) in [5.41, 5.74) is 10.8. The van der Waals surface area contributed by atoms with Gasteiger partial charge in [0.15, 0.2) is 0 Å². The van der Waals surface area contributed by atoms with E-state index in [0.29, 0.717) is 0 Å². The molecule has 1 fully saturated rings. The van der Waals surface area contributed by atoms with E-state index in [9.17, 15) is 0 Å². The summed E-state index contributed by atoms with van der Waals surface area (Å²) in [4.78, 5) is 2.42. The Morgan fingerprint density at radius 1 is 1.13 bits per heavy atom.